The van der Waals surface area contributed by atoms with Gasteiger partial charge in [0.05, 0.1) is 12.2 Å². The molecule has 3 rings (SSSR count). The molecule has 0 aliphatic carbocycles. The molecule has 94 valence electrons. The van der Waals surface area contributed by atoms with Crippen molar-refractivity contribution in [3.8, 4) is 0 Å². The first-order valence-electron chi connectivity index (χ1n) is 6.28. The lowest BCUT2D eigenvalue weighted by Gasteiger charge is -2.31. The Morgan fingerprint density at radius 1 is 1.06 bits per heavy atom. The quantitative estimate of drug-likeness (QED) is 0.582. The summed E-state index contributed by atoms with van der Waals surface area (Å²) in [4.78, 5) is 25.8. The van der Waals surface area contributed by atoms with Gasteiger partial charge < -0.3 is 9.64 Å². The first-order chi connectivity index (χ1) is 8.74. The Bertz CT molecular complexity index is 459. The van der Waals surface area contributed by atoms with Crippen molar-refractivity contribution in [1.29, 1.82) is 0 Å². The minimum Gasteiger partial charge on any atom is -0.371 e. The standard InChI is InChI=1S/C14H15NO3/c16-13(10-4-2-1-3-5-10)14(17)15-8-11-6-7-12(9-15)18-11/h1-5,11-12H,6-9H2. The fraction of sp³-hybridized carbons (Fsp3) is 0.429. The lowest BCUT2D eigenvalue weighted by atomic mass is 10.1. The number of rotatable bonds is 2. The van der Waals surface area contributed by atoms with E-state index in [2.05, 4.69) is 0 Å². The number of morpholine rings is 1. The van der Waals surface area contributed by atoms with E-state index in [1.165, 1.54) is 0 Å². The number of ether oxygens (including phenoxy) is 1. The molecule has 0 aromatic heterocycles. The molecular weight excluding hydrogens is 230 g/mol. The van der Waals surface area contributed by atoms with Gasteiger partial charge in [0.25, 0.3) is 5.91 Å². The van der Waals surface area contributed by atoms with Crippen LogP contribution in [0.25, 0.3) is 0 Å². The van der Waals surface area contributed by atoms with E-state index in [1.54, 1.807) is 29.2 Å². The van der Waals surface area contributed by atoms with Crippen molar-refractivity contribution < 1.29 is 14.3 Å². The Balaban J connectivity index is 1.73. The molecule has 0 N–H and O–H groups in total. The minimum absolute atomic E-state index is 0.122. The average Bonchev–Trinajstić information content (AvgIpc) is 2.77. The van der Waals surface area contributed by atoms with E-state index in [1.807, 2.05) is 6.07 Å². The first-order valence-corrected chi connectivity index (χ1v) is 6.28. The lowest BCUT2D eigenvalue weighted by Crippen LogP contribution is -2.48. The number of fused-ring (bicyclic) bond motifs is 2. The smallest absolute Gasteiger partial charge is 0.295 e. The van der Waals surface area contributed by atoms with Gasteiger partial charge in [0.2, 0.25) is 5.78 Å². The Morgan fingerprint density at radius 3 is 2.28 bits per heavy atom. The van der Waals surface area contributed by atoms with E-state index in [9.17, 15) is 9.59 Å². The lowest BCUT2D eigenvalue weighted by molar-refractivity contribution is -0.134. The molecule has 4 heteroatoms. The summed E-state index contributed by atoms with van der Waals surface area (Å²) in [5, 5.41) is 0. The van der Waals surface area contributed by atoms with Crippen LogP contribution in [-0.2, 0) is 9.53 Å². The van der Waals surface area contributed by atoms with Gasteiger partial charge in [-0.2, -0.15) is 0 Å². The van der Waals surface area contributed by atoms with E-state index in [0.717, 1.165) is 12.8 Å². The summed E-state index contributed by atoms with van der Waals surface area (Å²) < 4.78 is 5.66. The van der Waals surface area contributed by atoms with E-state index >= 15 is 0 Å². The van der Waals surface area contributed by atoms with Gasteiger partial charge in [0.15, 0.2) is 0 Å². The molecule has 2 bridgehead atoms. The highest BCUT2D eigenvalue weighted by Crippen LogP contribution is 2.26. The van der Waals surface area contributed by atoms with Gasteiger partial charge in [-0.05, 0) is 12.8 Å². The number of nitrogens with zero attached hydrogens (tertiary/aromatic N) is 1. The predicted molar refractivity (Wildman–Crippen MR) is 65.2 cm³/mol. The van der Waals surface area contributed by atoms with E-state index in [-0.39, 0.29) is 12.2 Å². The Hall–Kier alpha value is -1.68. The second kappa shape index (κ2) is 4.53. The number of likely N-dealkylation sites (tertiary alicyclic amines) is 1. The number of benzene rings is 1. The van der Waals surface area contributed by atoms with Gasteiger partial charge in [0.1, 0.15) is 0 Å². The highest BCUT2D eigenvalue weighted by atomic mass is 16.5. The van der Waals surface area contributed by atoms with Gasteiger partial charge in [-0.3, -0.25) is 9.59 Å². The normalized spacial score (nSPS) is 26.1. The zero-order valence-corrected chi connectivity index (χ0v) is 10.0. The summed E-state index contributed by atoms with van der Waals surface area (Å²) in [5.41, 5.74) is 0.460. The molecular formula is C14H15NO3. The fourth-order valence-corrected chi connectivity index (χ4v) is 2.64. The zero-order chi connectivity index (χ0) is 12.5. The Kier molecular flexibility index (Phi) is 2.88. The van der Waals surface area contributed by atoms with Crippen LogP contribution >= 0.6 is 0 Å². The second-order valence-electron chi connectivity index (χ2n) is 4.86. The third-order valence-electron chi connectivity index (χ3n) is 3.56. The SMILES string of the molecule is O=C(C(=O)N1CC2CCC(C1)O2)c1ccccc1. The predicted octanol–water partition coefficient (Wildman–Crippen LogP) is 1.26. The average molecular weight is 245 g/mol. The largest absolute Gasteiger partial charge is 0.371 e. The molecule has 2 aliphatic rings. The van der Waals surface area contributed by atoms with Crippen LogP contribution in [0, 0.1) is 0 Å². The van der Waals surface area contributed by atoms with Crippen molar-refractivity contribution in [2.45, 2.75) is 25.0 Å². The van der Waals surface area contributed by atoms with Gasteiger partial charge in [0, 0.05) is 18.7 Å². The van der Waals surface area contributed by atoms with Gasteiger partial charge in [-0.25, -0.2) is 0 Å². The van der Waals surface area contributed by atoms with E-state index < -0.39 is 11.7 Å². The number of carbonyl (C=O) groups is 2. The summed E-state index contributed by atoms with van der Waals surface area (Å²) in [5.74, 6) is -0.821. The molecule has 2 saturated heterocycles. The van der Waals surface area contributed by atoms with Gasteiger partial charge in [-0.1, -0.05) is 30.3 Å². The number of hydrogen-bond acceptors (Lipinski definition) is 3. The summed E-state index contributed by atoms with van der Waals surface area (Å²) in [6.45, 7) is 1.10. The summed E-state index contributed by atoms with van der Waals surface area (Å²) in [6.07, 6.45) is 2.23. The number of amides is 1. The molecule has 1 amide bonds. The van der Waals surface area contributed by atoms with Crippen LogP contribution in [0.2, 0.25) is 0 Å². The molecule has 4 nitrogen and oxygen atoms in total. The van der Waals surface area contributed by atoms with Crippen molar-refractivity contribution in [3.05, 3.63) is 35.9 Å². The summed E-state index contributed by atoms with van der Waals surface area (Å²) >= 11 is 0. The molecule has 18 heavy (non-hydrogen) atoms. The van der Waals surface area contributed by atoms with Crippen molar-refractivity contribution in [2.75, 3.05) is 13.1 Å². The van der Waals surface area contributed by atoms with Crippen LogP contribution in [0.5, 0.6) is 0 Å². The number of ketones is 1. The molecule has 2 atom stereocenters. The monoisotopic (exact) mass is 245 g/mol. The third kappa shape index (κ3) is 2.04. The van der Waals surface area contributed by atoms with E-state index in [4.69, 9.17) is 4.74 Å². The van der Waals surface area contributed by atoms with E-state index in [0.29, 0.717) is 18.7 Å². The first kappa shape index (κ1) is 11.4. The van der Waals surface area contributed by atoms with Gasteiger partial charge >= 0.3 is 0 Å². The minimum atomic E-state index is -0.420. The number of hydrogen-bond donors (Lipinski definition) is 0. The Morgan fingerprint density at radius 2 is 1.67 bits per heavy atom. The molecule has 1 aromatic rings. The molecule has 2 fully saturated rings. The van der Waals surface area contributed by atoms with Crippen molar-refractivity contribution in [3.63, 3.8) is 0 Å². The van der Waals surface area contributed by atoms with Crippen molar-refractivity contribution in [1.82, 2.24) is 4.90 Å². The zero-order valence-electron chi connectivity index (χ0n) is 10.0. The van der Waals surface area contributed by atoms with Crippen LogP contribution < -0.4 is 0 Å². The summed E-state index contributed by atoms with van der Waals surface area (Å²) in [6, 6.07) is 8.72. The fourth-order valence-electron chi connectivity index (χ4n) is 2.64. The van der Waals surface area contributed by atoms with Crippen LogP contribution in [0.3, 0.4) is 0 Å². The molecule has 0 spiro atoms. The summed E-state index contributed by atoms with van der Waals surface area (Å²) in [7, 11) is 0. The van der Waals surface area contributed by atoms with Crippen molar-refractivity contribution >= 4 is 11.7 Å². The van der Waals surface area contributed by atoms with Crippen LogP contribution in [0.15, 0.2) is 30.3 Å². The van der Waals surface area contributed by atoms with Crippen LogP contribution in [0.1, 0.15) is 23.2 Å². The molecule has 2 unspecified atom stereocenters. The maximum atomic E-state index is 12.1. The maximum absolute atomic E-state index is 12.1. The van der Waals surface area contributed by atoms with Crippen molar-refractivity contribution in [2.24, 2.45) is 0 Å². The highest BCUT2D eigenvalue weighted by Gasteiger charge is 2.37. The molecule has 1 aromatic carbocycles. The maximum Gasteiger partial charge on any atom is 0.295 e. The highest BCUT2D eigenvalue weighted by molar-refractivity contribution is 6.42. The van der Waals surface area contributed by atoms with Crippen LogP contribution in [0.4, 0.5) is 0 Å². The molecule has 0 saturated carbocycles. The topological polar surface area (TPSA) is 46.6 Å². The number of carbonyl (C=O) groups excluding carboxylic acids is 2. The molecule has 0 radical (unpaired) electrons. The van der Waals surface area contributed by atoms with Crippen LogP contribution in [-0.4, -0.2) is 41.9 Å². The number of Topliss-reactive ketones (excluding diaryl/α,β-unsaturated/α-hetero) is 1. The van der Waals surface area contributed by atoms with Gasteiger partial charge in [-0.15, -0.1) is 0 Å². The third-order valence-corrected chi connectivity index (χ3v) is 3.56. The molecule has 2 aliphatic heterocycles. The Labute approximate surface area is 106 Å². The second-order valence-corrected chi connectivity index (χ2v) is 4.86. The molecule has 2 heterocycles.